The van der Waals surface area contributed by atoms with Gasteiger partial charge in [-0.1, -0.05) is 18.3 Å². The molecule has 0 aliphatic rings. The molecule has 0 spiro atoms. The van der Waals surface area contributed by atoms with E-state index in [1.165, 1.54) is 5.37 Å². The Kier molecular flexibility index (Phi) is 3.50. The maximum absolute atomic E-state index is 4.64. The highest BCUT2D eigenvalue weighted by Gasteiger charge is 1.98. The van der Waals surface area contributed by atoms with Crippen molar-refractivity contribution in [3.05, 3.63) is 42.4 Å². The zero-order valence-electron chi connectivity index (χ0n) is 8.52. The van der Waals surface area contributed by atoms with Gasteiger partial charge < -0.3 is 0 Å². The van der Waals surface area contributed by atoms with E-state index in [-0.39, 0.29) is 0 Å². The van der Waals surface area contributed by atoms with Crippen molar-refractivity contribution in [2.24, 2.45) is 4.99 Å². The molecule has 0 N–H and O–H groups in total. The Balaban J connectivity index is 2.08. The first kappa shape index (κ1) is 10.6. The monoisotopic (exact) mass is 230 g/mol. The van der Waals surface area contributed by atoms with E-state index >= 15 is 0 Å². The third-order valence-electron chi connectivity index (χ3n) is 1.94. The smallest absolute Gasteiger partial charge is 0.173 e. The Morgan fingerprint density at radius 3 is 3.06 bits per heavy atom. The van der Waals surface area contributed by atoms with E-state index in [1.54, 1.807) is 17.1 Å². The van der Waals surface area contributed by atoms with Crippen LogP contribution in [0, 0.1) is 0 Å². The molecule has 2 aromatic rings. The van der Waals surface area contributed by atoms with Gasteiger partial charge in [0.05, 0.1) is 12.2 Å². The van der Waals surface area contributed by atoms with E-state index in [0.29, 0.717) is 12.4 Å². The number of nitrogens with zero attached hydrogens (tertiary/aromatic N) is 4. The zero-order valence-corrected chi connectivity index (χ0v) is 9.34. The van der Waals surface area contributed by atoms with Crippen LogP contribution in [0.3, 0.4) is 0 Å². The Bertz CT molecular complexity index is 490. The second-order valence-corrected chi connectivity index (χ2v) is 3.38. The number of pyridine rings is 1. The average molecular weight is 230 g/mol. The first-order valence-electron chi connectivity index (χ1n) is 4.79. The van der Waals surface area contributed by atoms with Gasteiger partial charge in [0, 0.05) is 30.0 Å². The van der Waals surface area contributed by atoms with E-state index in [1.807, 2.05) is 30.5 Å². The Morgan fingerprint density at radius 2 is 2.31 bits per heavy atom. The molecule has 0 saturated heterocycles. The molecule has 4 nitrogen and oxygen atoms in total. The minimum absolute atomic E-state index is 0.647. The molecule has 0 atom stereocenters. The van der Waals surface area contributed by atoms with Gasteiger partial charge in [0.15, 0.2) is 5.82 Å². The molecule has 0 bridgehead atoms. The lowest BCUT2D eigenvalue weighted by Gasteiger charge is -1.99. The summed E-state index contributed by atoms with van der Waals surface area (Å²) in [6.45, 7) is 0.647. The van der Waals surface area contributed by atoms with Gasteiger partial charge in [-0.3, -0.25) is 9.67 Å². The van der Waals surface area contributed by atoms with Crippen LogP contribution in [0.2, 0.25) is 0 Å². The van der Waals surface area contributed by atoms with Crippen molar-refractivity contribution < 1.29 is 0 Å². The van der Waals surface area contributed by atoms with E-state index in [0.717, 1.165) is 5.69 Å². The Hall–Kier alpha value is -1.88. The molecular weight excluding hydrogens is 220 g/mol. The van der Waals surface area contributed by atoms with E-state index < -0.39 is 0 Å². The highest BCUT2D eigenvalue weighted by Crippen LogP contribution is 2.07. The third kappa shape index (κ3) is 2.80. The number of hydrogen-bond acceptors (Lipinski definition) is 4. The molecule has 16 heavy (non-hydrogen) atoms. The lowest BCUT2D eigenvalue weighted by Crippen LogP contribution is -2.01. The molecule has 2 heterocycles. The molecule has 0 radical (unpaired) electrons. The van der Waals surface area contributed by atoms with Crippen LogP contribution in [-0.4, -0.2) is 26.3 Å². The third-order valence-corrected chi connectivity index (χ3v) is 2.07. The van der Waals surface area contributed by atoms with Gasteiger partial charge in [-0.15, -0.1) is 0 Å². The van der Waals surface area contributed by atoms with Gasteiger partial charge in [-0.2, -0.15) is 5.10 Å². The van der Waals surface area contributed by atoms with Gasteiger partial charge in [0.1, 0.15) is 0 Å². The number of rotatable bonds is 4. The molecule has 0 aliphatic carbocycles. The van der Waals surface area contributed by atoms with Crippen molar-refractivity contribution in [3.8, 4) is 0 Å². The normalized spacial score (nSPS) is 10.8. The van der Waals surface area contributed by atoms with Gasteiger partial charge in [0.2, 0.25) is 0 Å². The van der Waals surface area contributed by atoms with Crippen LogP contribution in [0.4, 0.5) is 5.82 Å². The summed E-state index contributed by atoms with van der Waals surface area (Å²) < 4.78 is 1.79. The summed E-state index contributed by atoms with van der Waals surface area (Å²) in [5.41, 5.74) is 0.968. The molecule has 5 heteroatoms. The lowest BCUT2D eigenvalue weighted by molar-refractivity contribution is 0.674. The lowest BCUT2D eigenvalue weighted by atomic mass is 10.3. The molecule has 0 unspecified atom stereocenters. The summed E-state index contributed by atoms with van der Waals surface area (Å²) in [6, 6.07) is 7.64. The van der Waals surface area contributed by atoms with Crippen LogP contribution in [0.5, 0.6) is 0 Å². The fourth-order valence-electron chi connectivity index (χ4n) is 1.27. The quantitative estimate of drug-likeness (QED) is 0.596. The predicted molar refractivity (Wildman–Crippen MR) is 67.4 cm³/mol. The number of hydrogen-bond donors (Lipinski definition) is 0. The van der Waals surface area contributed by atoms with Crippen LogP contribution < -0.4 is 0 Å². The van der Waals surface area contributed by atoms with Crippen molar-refractivity contribution >= 4 is 29.6 Å². The van der Waals surface area contributed by atoms with Gasteiger partial charge in [-0.25, -0.2) is 4.99 Å². The molecule has 0 fully saturated rings. The maximum Gasteiger partial charge on any atom is 0.173 e. The number of aromatic nitrogens is 3. The Morgan fingerprint density at radius 1 is 1.38 bits per heavy atom. The SMILES string of the molecule is S=CC=Nc1ccn(Cc2ccccn2)n1. The fraction of sp³-hybridized carbons (Fsp3) is 0.0909. The zero-order chi connectivity index (χ0) is 11.2. The van der Waals surface area contributed by atoms with E-state index in [9.17, 15) is 0 Å². The van der Waals surface area contributed by atoms with Crippen LogP contribution in [-0.2, 0) is 6.54 Å². The largest absolute Gasteiger partial charge is 0.265 e. The van der Waals surface area contributed by atoms with Crippen LogP contribution in [0.1, 0.15) is 5.69 Å². The van der Waals surface area contributed by atoms with Gasteiger partial charge >= 0.3 is 0 Å². The first-order valence-corrected chi connectivity index (χ1v) is 5.27. The summed E-state index contributed by atoms with van der Waals surface area (Å²) >= 11 is 4.64. The maximum atomic E-state index is 4.64. The number of thiocarbonyl (C=S) groups is 1. The number of aliphatic imine (C=N–C) groups is 1. The minimum atomic E-state index is 0.647. The molecule has 80 valence electrons. The summed E-state index contributed by atoms with van der Waals surface area (Å²) in [5.74, 6) is 0.650. The molecule has 0 aromatic carbocycles. The molecule has 0 amide bonds. The summed E-state index contributed by atoms with van der Waals surface area (Å²) in [4.78, 5) is 8.27. The standard InChI is InChI=1S/C11H10N4S/c16-8-6-13-11-4-7-15(14-11)9-10-3-1-2-5-12-10/h1-8H,9H2. The van der Waals surface area contributed by atoms with Crippen LogP contribution in [0.25, 0.3) is 0 Å². The van der Waals surface area contributed by atoms with Crippen molar-refractivity contribution in [3.63, 3.8) is 0 Å². The van der Waals surface area contributed by atoms with E-state index in [2.05, 4.69) is 27.3 Å². The predicted octanol–water partition coefficient (Wildman–Crippen LogP) is 2.03. The first-order chi connectivity index (χ1) is 7.88. The van der Waals surface area contributed by atoms with Gasteiger partial charge in [0.25, 0.3) is 0 Å². The molecule has 2 aromatic heterocycles. The summed E-state index contributed by atoms with van der Waals surface area (Å²) in [7, 11) is 0. The Labute approximate surface area is 98.7 Å². The molecule has 2 rings (SSSR count). The van der Waals surface area contributed by atoms with Crippen molar-refractivity contribution in [1.29, 1.82) is 0 Å². The van der Waals surface area contributed by atoms with Gasteiger partial charge in [-0.05, 0) is 12.1 Å². The van der Waals surface area contributed by atoms with Crippen molar-refractivity contribution in [2.75, 3.05) is 0 Å². The summed E-state index contributed by atoms with van der Waals surface area (Å²) in [5, 5.41) is 5.71. The molecule has 0 saturated carbocycles. The topological polar surface area (TPSA) is 43.1 Å². The highest BCUT2D eigenvalue weighted by molar-refractivity contribution is 7.80. The second-order valence-electron chi connectivity index (χ2n) is 3.11. The van der Waals surface area contributed by atoms with Crippen LogP contribution in [0.15, 0.2) is 41.7 Å². The minimum Gasteiger partial charge on any atom is -0.265 e. The van der Waals surface area contributed by atoms with Crippen LogP contribution >= 0.6 is 12.2 Å². The summed E-state index contributed by atoms with van der Waals surface area (Å²) in [6.07, 6.45) is 5.18. The molecular formula is C11H10N4S. The van der Waals surface area contributed by atoms with E-state index in [4.69, 9.17) is 0 Å². The van der Waals surface area contributed by atoms with Crippen molar-refractivity contribution in [1.82, 2.24) is 14.8 Å². The molecule has 0 aliphatic heterocycles. The van der Waals surface area contributed by atoms with Crippen molar-refractivity contribution in [2.45, 2.75) is 6.54 Å². The second kappa shape index (κ2) is 5.27. The highest BCUT2D eigenvalue weighted by atomic mass is 32.1. The fourth-order valence-corrected chi connectivity index (χ4v) is 1.33. The average Bonchev–Trinajstić information content (AvgIpc) is 2.75.